The van der Waals surface area contributed by atoms with Crippen molar-refractivity contribution in [2.24, 2.45) is 4.99 Å². The fraction of sp³-hybridized carbons (Fsp3) is 0.556. The molecule has 0 radical (unpaired) electrons. The maximum atomic E-state index is 11.1. The molecule has 0 saturated carbocycles. The van der Waals surface area contributed by atoms with Crippen LogP contribution in [0, 0.1) is 0 Å². The molecule has 7 aromatic rings. The Morgan fingerprint density at radius 2 is 0.752 bits per heavy atom. The lowest BCUT2D eigenvalue weighted by molar-refractivity contribution is -0.119. The van der Waals surface area contributed by atoms with Crippen molar-refractivity contribution < 1.29 is 31.5 Å². The van der Waals surface area contributed by atoms with Gasteiger partial charge in [0, 0.05) is 60.7 Å². The van der Waals surface area contributed by atoms with Crippen LogP contribution in [0.1, 0.15) is 97.5 Å². The standard InChI is InChI=1S/C21H27N3OS2Si2.C18H30N2O2SSi2.C16H34O3Si2.C10H13ClN2SSi.C7H16ClNOSi/c1-28(2,14-26-20-13-16-9-5-6-10-17(16)22-20)25-29(3,4)15-27-21-23-18-11-7-8-12-19(18)24-21;1-15(21)10-8-9-13-24(2,3)22-25(4,5)14-23-18-19-16-11-6-7-12-17(16)20-18;1-15(17)11-7-9-13-20(3,4)19-21(5,6)14-10-8-12-16(2)18;1-15(2,11)7-14-10-12-8-5-3-4-6-9(8)13-10;1-7(10)9-5-4-6-11(2,3)8/h5-12H,13-15H2,1-4H3,(H,23,24);6-7,11-12H,8-10,13-14H2,1-5H3,(H,19,20);7-14H2,1-6H3;3-6H,7H2,1-2H3,(H,12,13);4-6H2,1-3H3,(H,9,10). The van der Waals surface area contributed by atoms with Gasteiger partial charge in [0.25, 0.3) is 0 Å². The predicted molar refractivity (Wildman–Crippen MR) is 461 cm³/mol. The summed E-state index contributed by atoms with van der Waals surface area (Å²) in [7, 11) is -13.1. The molecule has 0 aliphatic carbocycles. The molecule has 29 heteroatoms. The van der Waals surface area contributed by atoms with Crippen molar-refractivity contribution in [3.8, 4) is 0 Å². The first-order valence-corrected chi connectivity index (χ1v) is 66.8. The van der Waals surface area contributed by atoms with Gasteiger partial charge >= 0.3 is 0 Å². The van der Waals surface area contributed by atoms with Crippen LogP contribution < -0.4 is 5.32 Å². The van der Waals surface area contributed by atoms with E-state index in [2.05, 4.69) is 176 Å². The van der Waals surface area contributed by atoms with Gasteiger partial charge in [-0.15, -0.1) is 11.8 Å². The first-order chi connectivity index (χ1) is 47.0. The quantitative estimate of drug-likeness (QED) is 0.0125. The van der Waals surface area contributed by atoms with Gasteiger partial charge in [-0.3, -0.25) is 4.79 Å². The summed E-state index contributed by atoms with van der Waals surface area (Å²) in [5.74, 6) is 0.905. The summed E-state index contributed by atoms with van der Waals surface area (Å²) in [6, 6.07) is 37.3. The average molecular weight is 1630 g/mol. The number of carbonyl (C=O) groups is 4. The smallest absolute Gasteiger partial charge is 0.216 e. The fourth-order valence-electron chi connectivity index (χ4n) is 11.2. The number of thioether (sulfide) groups is 4. The number of para-hydroxylation sites is 7. The zero-order chi connectivity index (χ0) is 75.3. The number of nitrogens with zero attached hydrogens (tertiary/aromatic N) is 4. The Morgan fingerprint density at radius 3 is 1.10 bits per heavy atom. The molecule has 0 fully saturated rings. The van der Waals surface area contributed by atoms with E-state index >= 15 is 0 Å². The van der Waals surface area contributed by atoms with Crippen molar-refractivity contribution in [3.63, 3.8) is 0 Å². The van der Waals surface area contributed by atoms with Gasteiger partial charge in [-0.25, -0.2) is 19.9 Å². The van der Waals surface area contributed by atoms with Gasteiger partial charge < -0.3 is 47.0 Å². The number of fused-ring (bicyclic) bond motifs is 4. The van der Waals surface area contributed by atoms with Gasteiger partial charge in [0.2, 0.25) is 5.91 Å². The Kier molecular flexibility index (Phi) is 38.6. The lowest BCUT2D eigenvalue weighted by atomic mass is 10.2. The number of hydrogen-bond donors (Lipinski definition) is 4. The van der Waals surface area contributed by atoms with E-state index in [1.54, 1.807) is 56.1 Å². The third-order valence-electron chi connectivity index (χ3n) is 15.6. The summed E-state index contributed by atoms with van der Waals surface area (Å²) in [6.45, 7) is 43.5. The van der Waals surface area contributed by atoms with E-state index in [0.29, 0.717) is 19.3 Å². The third kappa shape index (κ3) is 40.5. The number of unbranched alkanes of at least 4 members (excludes halogenated alkanes) is 3. The van der Waals surface area contributed by atoms with Gasteiger partial charge in [-0.1, -0.05) is 135 Å². The monoisotopic (exact) mass is 1630 g/mol. The molecular formula is C72H120Cl2N8O7S4Si8. The van der Waals surface area contributed by atoms with Gasteiger partial charge in [-0.05, 0) is 197 Å². The highest BCUT2D eigenvalue weighted by atomic mass is 35.6. The lowest BCUT2D eigenvalue weighted by Crippen LogP contribution is -2.48. The van der Waals surface area contributed by atoms with E-state index in [1.807, 2.05) is 72.4 Å². The minimum Gasteiger partial charge on any atom is -0.455 e. The Hall–Kier alpha value is -2.96. The molecule has 4 N–H and O–H groups in total. The second-order valence-corrected chi connectivity index (χ2v) is 77.2. The van der Waals surface area contributed by atoms with E-state index in [-0.39, 0.29) is 23.3 Å². The number of rotatable bonds is 36. The van der Waals surface area contributed by atoms with Gasteiger partial charge in [-0.2, -0.15) is 22.2 Å². The minimum atomic E-state index is -1.80. The number of amides is 1. The highest BCUT2D eigenvalue weighted by molar-refractivity contribution is 8.15. The maximum absolute atomic E-state index is 11.1. The number of aromatic nitrogens is 6. The molecule has 1 amide bonds. The average Bonchev–Trinajstić information content (AvgIpc) is 1.70. The molecule has 101 heavy (non-hydrogen) atoms. The number of imidazole rings is 3. The van der Waals surface area contributed by atoms with Crippen LogP contribution >= 0.6 is 69.2 Å². The van der Waals surface area contributed by atoms with E-state index < -0.39 is 64.7 Å². The summed E-state index contributed by atoms with van der Waals surface area (Å²) in [5, 5.41) is 10.9. The lowest BCUT2D eigenvalue weighted by Gasteiger charge is -2.34. The largest absolute Gasteiger partial charge is 0.455 e. The molecule has 0 bridgehead atoms. The number of aromatic amines is 3. The number of carbonyl (C=O) groups excluding carboxylic acids is 4. The summed E-state index contributed by atoms with van der Waals surface area (Å²) in [4.78, 5) is 72.1. The second kappa shape index (κ2) is 43.1. The molecule has 4 heterocycles. The molecule has 0 saturated heterocycles. The van der Waals surface area contributed by atoms with Crippen LogP contribution in [-0.4, -0.2) is 151 Å². The topological polar surface area (TPSA) is 206 Å². The first kappa shape index (κ1) is 90.4. The van der Waals surface area contributed by atoms with Crippen molar-refractivity contribution in [1.82, 2.24) is 35.2 Å². The zero-order valence-electron chi connectivity index (χ0n) is 64.4. The number of aliphatic imine (C=N–C) groups is 1. The van der Waals surface area contributed by atoms with Gasteiger partial charge in [0.05, 0.1) is 43.8 Å². The van der Waals surface area contributed by atoms with Crippen LogP contribution in [0.15, 0.2) is 118 Å². The van der Waals surface area contributed by atoms with Crippen LogP contribution in [0.2, 0.25) is 129 Å². The number of ketones is 3. The predicted octanol–water partition coefficient (Wildman–Crippen LogP) is 22.1. The molecule has 0 atom stereocenters. The van der Waals surface area contributed by atoms with Gasteiger partial charge in [0.1, 0.15) is 17.3 Å². The van der Waals surface area contributed by atoms with Crippen LogP contribution in [0.5, 0.6) is 0 Å². The fourth-order valence-corrected chi connectivity index (χ4v) is 47.2. The Bertz CT molecular complexity index is 3600. The summed E-state index contributed by atoms with van der Waals surface area (Å²) in [5.41, 5.74) is 8.82. The molecule has 0 spiro atoms. The normalized spacial score (nSPS) is 12.9. The van der Waals surface area contributed by atoms with E-state index in [1.165, 1.54) is 17.5 Å². The van der Waals surface area contributed by atoms with Crippen molar-refractivity contribution >= 4 is 201 Å². The van der Waals surface area contributed by atoms with Crippen LogP contribution in [0.3, 0.4) is 0 Å². The molecule has 1 aliphatic heterocycles. The van der Waals surface area contributed by atoms with E-state index in [4.69, 9.17) is 39.5 Å². The highest BCUT2D eigenvalue weighted by Gasteiger charge is 2.36. The maximum Gasteiger partial charge on any atom is 0.216 e. The molecule has 560 valence electrons. The second-order valence-electron chi connectivity index (χ2n) is 31.3. The molecule has 15 nitrogen and oxygen atoms in total. The number of H-pyrrole nitrogens is 3. The minimum absolute atomic E-state index is 0.0408. The van der Waals surface area contributed by atoms with Crippen molar-refractivity contribution in [2.45, 2.75) is 243 Å². The molecule has 0 unspecified atom stereocenters. The Balaban J connectivity index is 0.000000277. The molecule has 4 aromatic carbocycles. The number of benzene rings is 4. The summed E-state index contributed by atoms with van der Waals surface area (Å²) >= 11 is 19.5. The molecular weight excluding hydrogens is 1510 g/mol. The summed E-state index contributed by atoms with van der Waals surface area (Å²) < 4.78 is 20.0. The molecule has 8 rings (SSSR count). The number of nitrogens with one attached hydrogen (secondary N) is 4. The summed E-state index contributed by atoms with van der Waals surface area (Å²) in [6.07, 6.45) is 10.4. The van der Waals surface area contributed by atoms with Crippen molar-refractivity contribution in [3.05, 3.63) is 103 Å². The van der Waals surface area contributed by atoms with Crippen LogP contribution in [0.25, 0.3) is 33.1 Å². The van der Waals surface area contributed by atoms with E-state index in [0.717, 1.165) is 158 Å². The van der Waals surface area contributed by atoms with Crippen LogP contribution in [0.4, 0.5) is 5.69 Å². The first-order valence-electron chi connectivity index (χ1n) is 35.7. The Morgan fingerprint density at radius 1 is 0.416 bits per heavy atom. The highest BCUT2D eigenvalue weighted by Crippen LogP contribution is 2.34. The van der Waals surface area contributed by atoms with Crippen molar-refractivity contribution in [1.29, 1.82) is 0 Å². The number of Topliss-reactive ketones (excluding diaryl/α,β-unsaturated/α-hetero) is 3. The van der Waals surface area contributed by atoms with Crippen LogP contribution in [-0.2, 0) is 37.9 Å². The molecule has 3 aromatic heterocycles. The third-order valence-corrected chi connectivity index (χ3v) is 52.0. The number of hydrogen-bond acceptors (Lipinski definition) is 15. The number of halogens is 2. The van der Waals surface area contributed by atoms with Crippen molar-refractivity contribution in [2.75, 3.05) is 28.0 Å². The van der Waals surface area contributed by atoms with E-state index in [9.17, 15) is 19.2 Å². The SMILES string of the molecule is CC(=O)CCCC[Si](C)(C)O[Si](C)(C)CCCCC(C)=O.CC(=O)CCCC[Si](C)(C)O[Si](C)(C)CSc1nc2ccccc2[nH]1.CC(=O)NCCC[Si](C)(C)Cl.C[Si](C)(CSC1=Nc2ccccc2C1)O[Si](C)(C)CSc1nc2ccccc2[nH]1.C[Si](C)(Cl)CSc1nc2ccccc2[nH]1. The molecule has 1 aliphatic rings. The Labute approximate surface area is 640 Å². The van der Waals surface area contributed by atoms with Gasteiger partial charge in [0.15, 0.2) is 80.1 Å². The zero-order valence-corrected chi connectivity index (χ0v) is 77.2.